The molecule has 0 saturated heterocycles. The van der Waals surface area contributed by atoms with E-state index in [1.807, 2.05) is 0 Å². The molecule has 2 rings (SSSR count). The van der Waals surface area contributed by atoms with E-state index in [1.165, 1.54) is 6.07 Å². The zero-order chi connectivity index (χ0) is 14.0. The summed E-state index contributed by atoms with van der Waals surface area (Å²) < 4.78 is 13.6. The predicted molar refractivity (Wildman–Crippen MR) is 76.8 cm³/mol. The summed E-state index contributed by atoms with van der Waals surface area (Å²) in [6.07, 6.45) is 0. The molecule has 1 atom stereocenters. The molecule has 3 N–H and O–H groups in total. The maximum absolute atomic E-state index is 13.6. The van der Waals surface area contributed by atoms with Crippen LogP contribution in [0.1, 0.15) is 22.7 Å². The van der Waals surface area contributed by atoms with Gasteiger partial charge in [-0.1, -0.05) is 47.5 Å². The van der Waals surface area contributed by atoms with Crippen molar-refractivity contribution < 1.29 is 4.39 Å². The van der Waals surface area contributed by atoms with Crippen LogP contribution in [0.3, 0.4) is 0 Å². The Morgan fingerprint density at radius 3 is 2.58 bits per heavy atom. The zero-order valence-electron chi connectivity index (χ0n) is 10.3. The van der Waals surface area contributed by atoms with Crippen molar-refractivity contribution >= 4 is 23.2 Å². The first-order valence-corrected chi connectivity index (χ1v) is 6.46. The quantitative estimate of drug-likeness (QED) is 0.664. The van der Waals surface area contributed by atoms with Gasteiger partial charge in [-0.3, -0.25) is 5.84 Å². The third-order valence-electron chi connectivity index (χ3n) is 2.99. The van der Waals surface area contributed by atoms with Crippen LogP contribution in [-0.4, -0.2) is 0 Å². The SMILES string of the molecule is Cc1ccc(C(NN)c2cccc(Cl)c2Cl)cc1F. The summed E-state index contributed by atoms with van der Waals surface area (Å²) in [5.74, 6) is 5.29. The first-order valence-electron chi connectivity index (χ1n) is 5.70. The Morgan fingerprint density at radius 1 is 1.21 bits per heavy atom. The van der Waals surface area contributed by atoms with Gasteiger partial charge in [0.25, 0.3) is 0 Å². The van der Waals surface area contributed by atoms with Crippen LogP contribution in [0.5, 0.6) is 0 Å². The average molecular weight is 299 g/mol. The van der Waals surface area contributed by atoms with Crippen molar-refractivity contribution in [2.75, 3.05) is 0 Å². The molecular formula is C14H13Cl2FN2. The van der Waals surface area contributed by atoms with Crippen LogP contribution in [0, 0.1) is 12.7 Å². The highest BCUT2D eigenvalue weighted by Crippen LogP contribution is 2.33. The summed E-state index contributed by atoms with van der Waals surface area (Å²) in [5.41, 5.74) is 4.62. The van der Waals surface area contributed by atoms with Gasteiger partial charge in [-0.2, -0.15) is 0 Å². The molecule has 0 amide bonds. The van der Waals surface area contributed by atoms with Gasteiger partial charge in [-0.25, -0.2) is 9.82 Å². The third kappa shape index (κ3) is 2.90. The largest absolute Gasteiger partial charge is 0.271 e. The zero-order valence-corrected chi connectivity index (χ0v) is 11.8. The van der Waals surface area contributed by atoms with Gasteiger partial charge in [-0.15, -0.1) is 0 Å². The molecule has 0 saturated carbocycles. The Bertz CT molecular complexity index is 602. The van der Waals surface area contributed by atoms with E-state index in [1.54, 1.807) is 37.3 Å². The normalized spacial score (nSPS) is 12.5. The average Bonchev–Trinajstić information content (AvgIpc) is 2.39. The summed E-state index contributed by atoms with van der Waals surface area (Å²) in [4.78, 5) is 0. The molecule has 5 heteroatoms. The molecule has 1 unspecified atom stereocenters. The van der Waals surface area contributed by atoms with E-state index < -0.39 is 6.04 Å². The number of nitrogens with two attached hydrogens (primary N) is 1. The Morgan fingerprint density at radius 2 is 1.95 bits per heavy atom. The van der Waals surface area contributed by atoms with Gasteiger partial charge in [0.2, 0.25) is 0 Å². The molecule has 0 spiro atoms. The minimum Gasteiger partial charge on any atom is -0.271 e. The maximum atomic E-state index is 13.6. The molecule has 0 aliphatic heterocycles. The van der Waals surface area contributed by atoms with Gasteiger partial charge in [0, 0.05) is 0 Å². The lowest BCUT2D eigenvalue weighted by Gasteiger charge is -2.19. The highest BCUT2D eigenvalue weighted by Gasteiger charge is 2.18. The molecule has 0 bridgehead atoms. The van der Waals surface area contributed by atoms with Gasteiger partial charge in [-0.05, 0) is 35.7 Å². The smallest absolute Gasteiger partial charge is 0.126 e. The van der Waals surface area contributed by atoms with Crippen molar-refractivity contribution in [2.45, 2.75) is 13.0 Å². The second-order valence-electron chi connectivity index (χ2n) is 4.25. The van der Waals surface area contributed by atoms with Crippen molar-refractivity contribution in [3.63, 3.8) is 0 Å². The Hall–Kier alpha value is -1.13. The number of rotatable bonds is 3. The lowest BCUT2D eigenvalue weighted by Crippen LogP contribution is -2.29. The number of aryl methyl sites for hydroxylation is 1. The second-order valence-corrected chi connectivity index (χ2v) is 5.04. The Balaban J connectivity index is 2.50. The Labute approximate surface area is 121 Å². The van der Waals surface area contributed by atoms with Crippen LogP contribution >= 0.6 is 23.2 Å². The van der Waals surface area contributed by atoms with Crippen LogP contribution in [0.2, 0.25) is 10.0 Å². The highest BCUT2D eigenvalue weighted by molar-refractivity contribution is 6.42. The number of hydrogen-bond acceptors (Lipinski definition) is 2. The van der Waals surface area contributed by atoms with Crippen molar-refractivity contribution in [3.8, 4) is 0 Å². The first-order chi connectivity index (χ1) is 9.04. The number of halogens is 3. The highest BCUT2D eigenvalue weighted by atomic mass is 35.5. The summed E-state index contributed by atoms with van der Waals surface area (Å²) in [7, 11) is 0. The fourth-order valence-electron chi connectivity index (χ4n) is 1.90. The number of benzene rings is 2. The summed E-state index contributed by atoms with van der Waals surface area (Å²) in [6.45, 7) is 1.70. The number of nitrogens with one attached hydrogen (secondary N) is 1. The molecule has 2 aromatic carbocycles. The molecule has 2 aromatic rings. The molecule has 19 heavy (non-hydrogen) atoms. The molecule has 0 heterocycles. The van der Waals surface area contributed by atoms with Gasteiger partial charge in [0.1, 0.15) is 5.82 Å². The molecule has 0 radical (unpaired) electrons. The molecule has 0 aromatic heterocycles. The first kappa shape index (κ1) is 14.3. The molecule has 0 fully saturated rings. The molecule has 0 aliphatic rings. The van der Waals surface area contributed by atoms with Gasteiger partial charge >= 0.3 is 0 Å². The third-order valence-corrected chi connectivity index (χ3v) is 3.82. The van der Waals surface area contributed by atoms with Crippen LogP contribution in [-0.2, 0) is 0 Å². The standard InChI is InChI=1S/C14H13Cl2FN2/c1-8-5-6-9(7-12(8)17)14(19-18)10-3-2-4-11(15)13(10)16/h2-7,14,19H,18H2,1H3. The Kier molecular flexibility index (Phi) is 4.42. The summed E-state index contributed by atoms with van der Waals surface area (Å²) in [5, 5.41) is 0.847. The van der Waals surface area contributed by atoms with Crippen molar-refractivity contribution in [1.82, 2.24) is 5.43 Å². The molecule has 0 aliphatic carbocycles. The fraction of sp³-hybridized carbons (Fsp3) is 0.143. The minimum atomic E-state index is -0.415. The maximum Gasteiger partial charge on any atom is 0.126 e. The minimum absolute atomic E-state index is 0.282. The summed E-state index contributed by atoms with van der Waals surface area (Å²) in [6, 6.07) is 9.80. The van der Waals surface area contributed by atoms with E-state index in [2.05, 4.69) is 5.43 Å². The fourth-order valence-corrected chi connectivity index (χ4v) is 2.31. The van der Waals surface area contributed by atoms with Crippen LogP contribution in [0.4, 0.5) is 4.39 Å². The lowest BCUT2D eigenvalue weighted by atomic mass is 9.98. The van der Waals surface area contributed by atoms with Crippen molar-refractivity contribution in [3.05, 3.63) is 69.0 Å². The molecule has 100 valence electrons. The predicted octanol–water partition coefficient (Wildman–Crippen LogP) is 3.99. The van der Waals surface area contributed by atoms with E-state index in [9.17, 15) is 4.39 Å². The van der Waals surface area contributed by atoms with E-state index in [0.29, 0.717) is 26.7 Å². The molecular weight excluding hydrogens is 286 g/mol. The summed E-state index contributed by atoms with van der Waals surface area (Å²) >= 11 is 12.2. The van der Waals surface area contributed by atoms with Crippen LogP contribution in [0.25, 0.3) is 0 Å². The van der Waals surface area contributed by atoms with E-state index >= 15 is 0 Å². The molecule has 2 nitrogen and oxygen atoms in total. The van der Waals surface area contributed by atoms with Gasteiger partial charge < -0.3 is 0 Å². The van der Waals surface area contributed by atoms with Crippen LogP contribution in [0.15, 0.2) is 36.4 Å². The van der Waals surface area contributed by atoms with E-state index in [4.69, 9.17) is 29.0 Å². The van der Waals surface area contributed by atoms with E-state index in [-0.39, 0.29) is 5.82 Å². The number of hydrogen-bond donors (Lipinski definition) is 2. The monoisotopic (exact) mass is 298 g/mol. The van der Waals surface area contributed by atoms with Crippen LogP contribution < -0.4 is 11.3 Å². The number of hydrazine groups is 1. The lowest BCUT2D eigenvalue weighted by molar-refractivity contribution is 0.599. The second kappa shape index (κ2) is 5.88. The van der Waals surface area contributed by atoms with E-state index in [0.717, 1.165) is 0 Å². The van der Waals surface area contributed by atoms with Crippen molar-refractivity contribution in [2.24, 2.45) is 5.84 Å². The topological polar surface area (TPSA) is 38.0 Å². The van der Waals surface area contributed by atoms with Gasteiger partial charge in [0.05, 0.1) is 16.1 Å². The van der Waals surface area contributed by atoms with Crippen molar-refractivity contribution in [1.29, 1.82) is 0 Å². The van der Waals surface area contributed by atoms with Gasteiger partial charge in [0.15, 0.2) is 0 Å².